The Balaban J connectivity index is 3.43. The van der Waals surface area contributed by atoms with Crippen LogP contribution in [0.1, 0.15) is 0 Å². The number of phenols is 1. The molecule has 0 aliphatic rings. The van der Waals surface area contributed by atoms with E-state index in [2.05, 4.69) is 0 Å². The summed E-state index contributed by atoms with van der Waals surface area (Å²) in [5, 5.41) is 8.65. The van der Waals surface area contributed by atoms with Crippen molar-refractivity contribution in [2.75, 3.05) is 0 Å². The summed E-state index contributed by atoms with van der Waals surface area (Å²) < 4.78 is 33.4. The van der Waals surface area contributed by atoms with E-state index in [1.54, 1.807) is 0 Å². The van der Waals surface area contributed by atoms with E-state index in [0.29, 0.717) is 6.07 Å². The van der Waals surface area contributed by atoms with E-state index in [9.17, 15) is 12.8 Å². The molecule has 1 aromatic carbocycles. The predicted molar refractivity (Wildman–Crippen MR) is 41.7 cm³/mol. The number of hydrogen-bond donors (Lipinski definition) is 2. The lowest BCUT2D eigenvalue weighted by atomic mass is 10.3. The minimum atomic E-state index is -3.02. The zero-order valence-corrected chi connectivity index (χ0v) is 7.27. The van der Waals surface area contributed by atoms with Crippen LogP contribution in [0.3, 0.4) is 0 Å². The molecule has 3 nitrogen and oxygen atoms in total. The van der Waals surface area contributed by atoms with E-state index in [4.69, 9.17) is 16.7 Å². The van der Waals surface area contributed by atoms with Crippen LogP contribution in [0.15, 0.2) is 17.0 Å². The molecule has 0 spiro atoms. The molecule has 0 unspecified atom stereocenters. The highest BCUT2D eigenvalue weighted by Crippen LogP contribution is 2.26. The largest absolute Gasteiger partial charge is 0.506 e. The van der Waals surface area contributed by atoms with Crippen LogP contribution in [0.4, 0.5) is 4.39 Å². The Hall–Kier alpha value is -0.810. The van der Waals surface area contributed by atoms with Crippen LogP contribution in [-0.4, -0.2) is 13.5 Å². The van der Waals surface area contributed by atoms with Gasteiger partial charge in [0.2, 0.25) is 0 Å². The summed E-state index contributed by atoms with van der Waals surface area (Å²) in [5.74, 6) is -1.48. The molecule has 0 heterocycles. The molecule has 12 heavy (non-hydrogen) atoms. The molecule has 0 fully saturated rings. The lowest BCUT2D eigenvalue weighted by Crippen LogP contribution is -1.87. The maximum atomic E-state index is 12.7. The lowest BCUT2D eigenvalue weighted by molar-refractivity contribution is 0.466. The third-order valence-electron chi connectivity index (χ3n) is 1.21. The number of hydrogen-bond acceptors (Lipinski definition) is 3. The fraction of sp³-hybridized carbons (Fsp3) is 0. The van der Waals surface area contributed by atoms with E-state index in [0.717, 1.165) is 6.07 Å². The lowest BCUT2D eigenvalue weighted by Gasteiger charge is -1.98. The van der Waals surface area contributed by atoms with Crippen LogP contribution in [-0.2, 0) is 10.7 Å². The van der Waals surface area contributed by atoms with Gasteiger partial charge in [0.15, 0.2) is 10.7 Å². The first-order valence-corrected chi connectivity index (χ1v) is 4.40. The SMILES string of the molecule is O=[SH](=O)c1cc(Cl)c(O)cc1F. The van der Waals surface area contributed by atoms with Gasteiger partial charge in [-0.25, -0.2) is 12.8 Å². The van der Waals surface area contributed by atoms with Crippen molar-refractivity contribution in [3.05, 3.63) is 23.0 Å². The second-order valence-corrected chi connectivity index (χ2v) is 3.42. The number of benzene rings is 1. The van der Waals surface area contributed by atoms with Gasteiger partial charge < -0.3 is 5.11 Å². The Kier molecular flexibility index (Phi) is 2.54. The molecule has 1 N–H and O–H groups in total. The zero-order valence-electron chi connectivity index (χ0n) is 5.62. The standard InChI is InChI=1S/C6H4ClFO3S/c7-3-1-6(12(10)11)4(8)2-5(3)9/h1-2,9,12H. The first-order valence-electron chi connectivity index (χ1n) is 2.85. The van der Waals surface area contributed by atoms with E-state index in [1.807, 2.05) is 0 Å². The first-order chi connectivity index (χ1) is 5.52. The fourth-order valence-electron chi connectivity index (χ4n) is 0.666. The summed E-state index contributed by atoms with van der Waals surface area (Å²) in [4.78, 5) is -0.521. The molecule has 0 aliphatic carbocycles. The third kappa shape index (κ3) is 1.67. The van der Waals surface area contributed by atoms with Gasteiger partial charge in [-0.1, -0.05) is 11.6 Å². The summed E-state index contributed by atoms with van der Waals surface area (Å²) in [6.45, 7) is 0. The Morgan fingerprint density at radius 2 is 2.00 bits per heavy atom. The molecule has 0 amide bonds. The molecule has 66 valence electrons. The van der Waals surface area contributed by atoms with Gasteiger partial charge in [0, 0.05) is 6.07 Å². The highest BCUT2D eigenvalue weighted by atomic mass is 35.5. The highest BCUT2D eigenvalue weighted by Gasteiger charge is 2.08. The number of rotatable bonds is 1. The predicted octanol–water partition coefficient (Wildman–Crippen LogP) is 1.16. The molecule has 1 aromatic rings. The molecular formula is C6H4ClFO3S. The van der Waals surface area contributed by atoms with Gasteiger partial charge in [0.25, 0.3) is 0 Å². The summed E-state index contributed by atoms with van der Waals surface area (Å²) in [5.41, 5.74) is 0. The highest BCUT2D eigenvalue weighted by molar-refractivity contribution is 7.72. The van der Waals surface area contributed by atoms with Crippen molar-refractivity contribution in [2.45, 2.75) is 4.90 Å². The minimum absolute atomic E-state index is 0.189. The van der Waals surface area contributed by atoms with Crippen molar-refractivity contribution in [3.8, 4) is 5.75 Å². The maximum absolute atomic E-state index is 12.7. The molecular weight excluding hydrogens is 207 g/mol. The number of phenolic OH excluding ortho intramolecular Hbond substituents is 1. The van der Waals surface area contributed by atoms with Crippen LogP contribution in [0.2, 0.25) is 5.02 Å². The Bertz CT molecular complexity index is 381. The summed E-state index contributed by atoms with van der Waals surface area (Å²) in [6.07, 6.45) is 0. The quantitative estimate of drug-likeness (QED) is 0.684. The van der Waals surface area contributed by atoms with Crippen LogP contribution in [0, 0.1) is 5.82 Å². The first kappa shape index (κ1) is 9.28. The van der Waals surface area contributed by atoms with Gasteiger partial charge in [-0.15, -0.1) is 0 Å². The van der Waals surface area contributed by atoms with E-state index < -0.39 is 27.2 Å². The molecule has 0 saturated carbocycles. The molecule has 0 saturated heterocycles. The van der Waals surface area contributed by atoms with Gasteiger partial charge in [-0.2, -0.15) is 0 Å². The monoisotopic (exact) mass is 210 g/mol. The van der Waals surface area contributed by atoms with Crippen LogP contribution in [0.25, 0.3) is 0 Å². The summed E-state index contributed by atoms with van der Waals surface area (Å²) in [6, 6.07) is 1.51. The molecule has 0 radical (unpaired) electrons. The van der Waals surface area contributed by atoms with Crippen molar-refractivity contribution in [1.82, 2.24) is 0 Å². The van der Waals surface area contributed by atoms with E-state index in [1.165, 1.54) is 0 Å². The van der Waals surface area contributed by atoms with Gasteiger partial charge in [-0.3, -0.25) is 0 Å². The molecule has 1 rings (SSSR count). The maximum Gasteiger partial charge on any atom is 0.171 e. The molecule has 0 aliphatic heterocycles. The van der Waals surface area contributed by atoms with Gasteiger partial charge >= 0.3 is 0 Å². The van der Waals surface area contributed by atoms with Crippen molar-refractivity contribution >= 4 is 22.3 Å². The van der Waals surface area contributed by atoms with Crippen molar-refractivity contribution < 1.29 is 17.9 Å². The Labute approximate surface area is 74.4 Å². The van der Waals surface area contributed by atoms with E-state index >= 15 is 0 Å². The number of thiol groups is 1. The molecule has 0 bridgehead atoms. The Morgan fingerprint density at radius 3 is 2.50 bits per heavy atom. The van der Waals surface area contributed by atoms with Gasteiger partial charge in [0.1, 0.15) is 16.5 Å². The smallest absolute Gasteiger partial charge is 0.171 e. The fourth-order valence-corrected chi connectivity index (χ4v) is 1.38. The average Bonchev–Trinajstić information content (AvgIpc) is 1.96. The Morgan fingerprint density at radius 1 is 1.42 bits per heavy atom. The molecule has 0 atom stereocenters. The topological polar surface area (TPSA) is 54.4 Å². The summed E-state index contributed by atoms with van der Waals surface area (Å²) in [7, 11) is -3.02. The number of halogens is 2. The molecule has 0 aromatic heterocycles. The normalized spacial score (nSPS) is 10.6. The van der Waals surface area contributed by atoms with Crippen molar-refractivity contribution in [2.24, 2.45) is 0 Å². The third-order valence-corrected chi connectivity index (χ3v) is 2.25. The second kappa shape index (κ2) is 3.28. The molecule has 6 heteroatoms. The van der Waals surface area contributed by atoms with Crippen molar-refractivity contribution in [3.63, 3.8) is 0 Å². The number of aromatic hydroxyl groups is 1. The minimum Gasteiger partial charge on any atom is -0.506 e. The average molecular weight is 211 g/mol. The van der Waals surface area contributed by atoms with Gasteiger partial charge in [0.05, 0.1) is 5.02 Å². The summed E-state index contributed by atoms with van der Waals surface area (Å²) >= 11 is 5.35. The van der Waals surface area contributed by atoms with Crippen LogP contribution in [0.5, 0.6) is 5.75 Å². The second-order valence-electron chi connectivity index (χ2n) is 2.01. The van der Waals surface area contributed by atoms with E-state index in [-0.39, 0.29) is 5.02 Å². The van der Waals surface area contributed by atoms with Crippen molar-refractivity contribution in [1.29, 1.82) is 0 Å². The van der Waals surface area contributed by atoms with Gasteiger partial charge in [-0.05, 0) is 6.07 Å². The zero-order chi connectivity index (χ0) is 9.30. The van der Waals surface area contributed by atoms with Crippen LogP contribution < -0.4 is 0 Å². The van der Waals surface area contributed by atoms with Crippen LogP contribution >= 0.6 is 11.6 Å².